The third-order valence-corrected chi connectivity index (χ3v) is 10.9. The molecule has 0 spiro atoms. The van der Waals surface area contributed by atoms with Gasteiger partial charge >= 0.3 is 0 Å². The van der Waals surface area contributed by atoms with E-state index in [9.17, 15) is 0 Å². The molecule has 0 saturated heterocycles. The second kappa shape index (κ2) is 11.0. The maximum absolute atomic E-state index is 2.37. The Morgan fingerprint density at radius 1 is 0.586 bits per heavy atom. The topological polar surface area (TPSA) is 0 Å². The van der Waals surface area contributed by atoms with Crippen molar-refractivity contribution in [1.82, 2.24) is 0 Å². The molecule has 0 radical (unpaired) electrons. The van der Waals surface area contributed by atoms with Gasteiger partial charge in [0, 0.05) is 0 Å². The highest BCUT2D eigenvalue weighted by molar-refractivity contribution is 7.95. The second-order valence-corrected chi connectivity index (χ2v) is 11.8. The first-order valence-corrected chi connectivity index (χ1v) is 12.9. The number of rotatable bonds is 7. The van der Waals surface area contributed by atoms with Crippen LogP contribution in [0.4, 0.5) is 0 Å². The molecule has 3 aromatic carbocycles. The van der Waals surface area contributed by atoms with Crippen molar-refractivity contribution in [3.8, 4) is 0 Å². The van der Waals surface area contributed by atoms with Gasteiger partial charge in [-0.3, -0.25) is 0 Å². The summed E-state index contributed by atoms with van der Waals surface area (Å²) in [5, 5.41) is 4.57. The molecule has 1 aliphatic carbocycles. The van der Waals surface area contributed by atoms with E-state index in [0.29, 0.717) is 0 Å². The first-order valence-electron chi connectivity index (χ1n) is 10.9. The van der Waals surface area contributed by atoms with Gasteiger partial charge in [0.2, 0.25) is 0 Å². The van der Waals surface area contributed by atoms with Gasteiger partial charge in [-0.05, 0) is 55.2 Å². The molecule has 2 heteroatoms. The highest BCUT2D eigenvalue weighted by atomic mass is 35.5. The van der Waals surface area contributed by atoms with Gasteiger partial charge in [-0.25, -0.2) is 0 Å². The highest BCUT2D eigenvalue weighted by Crippen LogP contribution is 2.56. The summed E-state index contributed by atoms with van der Waals surface area (Å²) >= 11 is 0. The molecule has 1 saturated carbocycles. The summed E-state index contributed by atoms with van der Waals surface area (Å²) in [4.78, 5) is 0. The molecule has 1 fully saturated rings. The van der Waals surface area contributed by atoms with E-state index in [-0.39, 0.29) is 12.4 Å². The van der Waals surface area contributed by atoms with E-state index in [1.54, 1.807) is 0 Å². The van der Waals surface area contributed by atoms with E-state index in [1.165, 1.54) is 67.0 Å². The fraction of sp³-hybridized carbons (Fsp3) is 0.333. The molecule has 0 unspecified atom stereocenters. The van der Waals surface area contributed by atoms with Gasteiger partial charge in [-0.15, -0.1) is 0 Å². The molecule has 0 aromatic heterocycles. The van der Waals surface area contributed by atoms with Crippen LogP contribution in [-0.4, -0.2) is 6.16 Å². The van der Waals surface area contributed by atoms with E-state index in [1.807, 2.05) is 0 Å². The third-order valence-electron chi connectivity index (χ3n) is 6.42. The van der Waals surface area contributed by atoms with Crippen LogP contribution in [0.2, 0.25) is 0 Å². The van der Waals surface area contributed by atoms with Crippen LogP contribution < -0.4 is 28.3 Å². The molecule has 0 nitrogen and oxygen atoms in total. The lowest BCUT2D eigenvalue weighted by atomic mass is 9.86. The van der Waals surface area contributed by atoms with Crippen LogP contribution in [-0.2, 0) is 0 Å². The Balaban J connectivity index is 0.00000240. The highest BCUT2D eigenvalue weighted by Gasteiger charge is 2.44. The van der Waals surface area contributed by atoms with Crippen LogP contribution in [0.25, 0.3) is 0 Å². The summed E-state index contributed by atoms with van der Waals surface area (Å²) in [6.45, 7) is 0. The number of hydrogen-bond donors (Lipinski definition) is 0. The molecular weight excluding hydrogens is 391 g/mol. The first-order chi connectivity index (χ1) is 13.9. The largest absolute Gasteiger partial charge is 1.00 e. The lowest BCUT2D eigenvalue weighted by molar-refractivity contribution is -0.00000558. The Kier molecular flexibility index (Phi) is 8.34. The van der Waals surface area contributed by atoms with Crippen molar-refractivity contribution in [3.05, 3.63) is 91.0 Å². The van der Waals surface area contributed by atoms with Gasteiger partial charge in [0.1, 0.15) is 23.2 Å². The molecular formula is C27H32ClP. The molecule has 0 heterocycles. The van der Waals surface area contributed by atoms with Crippen molar-refractivity contribution in [2.24, 2.45) is 5.92 Å². The predicted molar refractivity (Wildman–Crippen MR) is 126 cm³/mol. The van der Waals surface area contributed by atoms with Crippen LogP contribution >= 0.6 is 7.26 Å². The first kappa shape index (κ1) is 22.1. The van der Waals surface area contributed by atoms with E-state index in [4.69, 9.17) is 0 Å². The van der Waals surface area contributed by atoms with Crippen molar-refractivity contribution in [2.45, 2.75) is 44.9 Å². The molecule has 0 atom stereocenters. The lowest BCUT2D eigenvalue weighted by Gasteiger charge is -2.29. The van der Waals surface area contributed by atoms with Gasteiger partial charge in [-0.2, -0.15) is 0 Å². The third kappa shape index (κ3) is 5.11. The summed E-state index contributed by atoms with van der Waals surface area (Å²) < 4.78 is 0. The summed E-state index contributed by atoms with van der Waals surface area (Å²) in [7, 11) is -1.62. The Hall–Kier alpha value is -1.62. The zero-order chi connectivity index (χ0) is 19.1. The molecule has 0 bridgehead atoms. The Morgan fingerprint density at radius 3 is 1.41 bits per heavy atom. The quantitative estimate of drug-likeness (QED) is 0.512. The average molecular weight is 423 g/mol. The summed E-state index contributed by atoms with van der Waals surface area (Å²) in [6.07, 6.45) is 11.3. The normalized spacial score (nSPS) is 14.9. The fourth-order valence-corrected chi connectivity index (χ4v) is 9.34. The molecule has 0 amide bonds. The van der Waals surface area contributed by atoms with E-state index in [2.05, 4.69) is 91.0 Å². The molecule has 3 aromatic rings. The lowest BCUT2D eigenvalue weighted by Crippen LogP contribution is -3.00. The van der Waals surface area contributed by atoms with E-state index < -0.39 is 7.26 Å². The fourth-order valence-electron chi connectivity index (χ4n) is 4.97. The Morgan fingerprint density at radius 2 is 1.00 bits per heavy atom. The zero-order valence-corrected chi connectivity index (χ0v) is 18.9. The van der Waals surface area contributed by atoms with Crippen LogP contribution in [0.3, 0.4) is 0 Å². The van der Waals surface area contributed by atoms with Crippen molar-refractivity contribution in [2.75, 3.05) is 6.16 Å². The second-order valence-electron chi connectivity index (χ2n) is 8.19. The average Bonchev–Trinajstić information content (AvgIpc) is 2.79. The van der Waals surface area contributed by atoms with Crippen molar-refractivity contribution in [3.63, 3.8) is 0 Å². The smallest absolute Gasteiger partial charge is 0.112 e. The minimum Gasteiger partial charge on any atom is -1.00 e. The number of benzene rings is 3. The minimum absolute atomic E-state index is 0. The van der Waals surface area contributed by atoms with Crippen molar-refractivity contribution in [1.29, 1.82) is 0 Å². The summed E-state index contributed by atoms with van der Waals surface area (Å²) in [5.41, 5.74) is 0. The predicted octanol–water partition coefficient (Wildman–Crippen LogP) is 3.35. The van der Waals surface area contributed by atoms with Gasteiger partial charge in [0.15, 0.2) is 0 Å². The standard InChI is InChI=1S/C27H32P.ClH/c1-5-14-24(15-6-1)16-13-23-28(25-17-7-2-8-18-25,26-19-9-3-10-20-26)27-21-11-4-12-22-27;/h2-4,7-12,17-22,24H,1,5-6,13-16,23H2;1H/q+1;/p-1. The molecule has 29 heavy (non-hydrogen) atoms. The van der Waals surface area contributed by atoms with Gasteiger partial charge in [0.05, 0.1) is 6.16 Å². The number of halogens is 1. The van der Waals surface area contributed by atoms with Gasteiger partial charge in [0.25, 0.3) is 0 Å². The minimum atomic E-state index is -1.62. The Labute approximate surface area is 183 Å². The SMILES string of the molecule is [Cl-].c1ccc([P+](CCCC2CCCCC2)(c2ccccc2)c2ccccc2)cc1. The van der Waals surface area contributed by atoms with Gasteiger partial charge in [-0.1, -0.05) is 86.7 Å². The van der Waals surface area contributed by atoms with E-state index in [0.717, 1.165) is 5.92 Å². The molecule has 0 N–H and O–H groups in total. The molecule has 1 aliphatic rings. The van der Waals surface area contributed by atoms with Crippen molar-refractivity contribution >= 4 is 23.2 Å². The van der Waals surface area contributed by atoms with Crippen LogP contribution in [0.5, 0.6) is 0 Å². The molecule has 4 rings (SSSR count). The van der Waals surface area contributed by atoms with Gasteiger partial charge < -0.3 is 12.4 Å². The number of hydrogen-bond acceptors (Lipinski definition) is 0. The van der Waals surface area contributed by atoms with E-state index >= 15 is 0 Å². The van der Waals surface area contributed by atoms with Crippen LogP contribution in [0.15, 0.2) is 91.0 Å². The maximum atomic E-state index is 2.37. The van der Waals surface area contributed by atoms with Crippen LogP contribution in [0.1, 0.15) is 44.9 Å². The zero-order valence-electron chi connectivity index (χ0n) is 17.2. The Bertz CT molecular complexity index is 730. The van der Waals surface area contributed by atoms with Crippen molar-refractivity contribution < 1.29 is 12.4 Å². The molecule has 0 aliphatic heterocycles. The maximum Gasteiger partial charge on any atom is 0.112 e. The molecule has 152 valence electrons. The van der Waals surface area contributed by atoms with Crippen LogP contribution in [0, 0.1) is 5.92 Å². The summed E-state index contributed by atoms with van der Waals surface area (Å²) in [5.74, 6) is 0.956. The summed E-state index contributed by atoms with van der Waals surface area (Å²) in [6, 6.07) is 34.0. The monoisotopic (exact) mass is 422 g/mol.